The minimum absolute atomic E-state index is 0. The number of nitrogens with one attached hydrogen (secondary N) is 1. The van der Waals surface area contributed by atoms with Crippen molar-refractivity contribution in [3.63, 3.8) is 0 Å². The third kappa shape index (κ3) is 15.5. The number of ether oxygens (including phenoxy) is 4. The zero-order chi connectivity index (χ0) is 38.1. The summed E-state index contributed by atoms with van der Waals surface area (Å²) in [5.74, 6) is -1.62. The van der Waals surface area contributed by atoms with E-state index in [0.29, 0.717) is 17.7 Å². The number of hydrogen-bond acceptors (Lipinski definition) is 8. The first-order valence-corrected chi connectivity index (χ1v) is 18.1. The molecule has 0 fully saturated rings. The smallest absolute Gasteiger partial charge is 0.307 e. The molecule has 4 aromatic rings. The monoisotopic (exact) mass is 754 g/mol. The SMILES string of the molecule is C.CCOC(=O)C[C@H](N)c1ccc(OCc2ccccc2)c(F)c1.CCOC(=O)C[C@H](N[S@](=O)C(C)(C)C)c1ccc(OCc2ccccc2)c(F)c1. The van der Waals surface area contributed by atoms with Crippen LogP contribution in [0.5, 0.6) is 11.5 Å². The molecule has 0 spiro atoms. The topological polar surface area (TPSA) is 126 Å². The average molecular weight is 755 g/mol. The summed E-state index contributed by atoms with van der Waals surface area (Å²) in [6.07, 6.45) is -0.0448. The molecule has 0 amide bonds. The fraction of sp³-hybridized carbons (Fsp3) is 0.366. The lowest BCUT2D eigenvalue weighted by molar-refractivity contribution is -0.144. The number of esters is 2. The van der Waals surface area contributed by atoms with Crippen LogP contribution in [0.1, 0.15) is 89.2 Å². The van der Waals surface area contributed by atoms with Crippen LogP contribution in [0.2, 0.25) is 0 Å². The van der Waals surface area contributed by atoms with Crippen LogP contribution in [0, 0.1) is 11.6 Å². The molecule has 4 aromatic carbocycles. The van der Waals surface area contributed by atoms with Crippen molar-refractivity contribution in [2.45, 2.75) is 84.9 Å². The molecule has 0 aliphatic rings. The van der Waals surface area contributed by atoms with Gasteiger partial charge in [0.25, 0.3) is 0 Å². The third-order valence-corrected chi connectivity index (χ3v) is 9.00. The van der Waals surface area contributed by atoms with E-state index in [9.17, 15) is 22.6 Å². The molecule has 0 heterocycles. The van der Waals surface area contributed by atoms with E-state index in [1.54, 1.807) is 26.0 Å². The number of nitrogens with two attached hydrogens (primary N) is 1. The minimum Gasteiger partial charge on any atom is -0.486 e. The standard InChI is InChI=1S/C22H28FNO4S.C18H20FNO3.CH4/c1-5-27-21(25)14-19(24-29(26)22(2,3)4)17-11-12-20(18(23)13-17)28-15-16-9-7-6-8-10-16;1-2-22-18(21)11-16(20)14-8-9-17(15(19)10-14)23-12-13-6-4-3-5-7-13;/h6-13,19,24H,5,14-15H2,1-4H3;3-10,16H,2,11-12,20H2,1H3;1H4/t19-,29+;16-;/m00./s1. The Hall–Kier alpha value is -4.65. The first-order valence-electron chi connectivity index (χ1n) is 17.0. The Labute approximate surface area is 314 Å². The van der Waals surface area contributed by atoms with Crippen LogP contribution in [-0.4, -0.2) is 34.1 Å². The van der Waals surface area contributed by atoms with Crippen molar-refractivity contribution >= 4 is 22.9 Å². The molecule has 0 aliphatic carbocycles. The van der Waals surface area contributed by atoms with Gasteiger partial charge in [0.15, 0.2) is 23.1 Å². The Kier molecular flexibility index (Phi) is 18.8. The summed E-state index contributed by atoms with van der Waals surface area (Å²) in [6.45, 7) is 9.96. The Morgan fingerprint density at radius 1 is 0.717 bits per heavy atom. The van der Waals surface area contributed by atoms with Gasteiger partial charge in [0.1, 0.15) is 13.2 Å². The Bertz CT molecular complexity index is 1740. The summed E-state index contributed by atoms with van der Waals surface area (Å²) < 4.78 is 64.5. The van der Waals surface area contributed by atoms with Gasteiger partial charge in [-0.05, 0) is 81.1 Å². The quantitative estimate of drug-likeness (QED) is 0.109. The molecule has 3 N–H and O–H groups in total. The second-order valence-electron chi connectivity index (χ2n) is 12.6. The largest absolute Gasteiger partial charge is 0.486 e. The predicted molar refractivity (Wildman–Crippen MR) is 204 cm³/mol. The van der Waals surface area contributed by atoms with Crippen molar-refractivity contribution in [1.29, 1.82) is 0 Å². The molecule has 0 aromatic heterocycles. The first-order chi connectivity index (χ1) is 24.8. The normalized spacial score (nSPS) is 12.5. The zero-order valence-electron chi connectivity index (χ0n) is 30.2. The van der Waals surface area contributed by atoms with Gasteiger partial charge >= 0.3 is 11.9 Å². The van der Waals surface area contributed by atoms with E-state index in [1.165, 1.54) is 24.3 Å². The van der Waals surface area contributed by atoms with Gasteiger partial charge in [-0.15, -0.1) is 0 Å². The van der Waals surface area contributed by atoms with E-state index in [0.717, 1.165) is 11.1 Å². The molecule has 4 rings (SSSR count). The maximum Gasteiger partial charge on any atom is 0.307 e. The van der Waals surface area contributed by atoms with E-state index < -0.39 is 51.4 Å². The molecule has 12 heteroatoms. The average Bonchev–Trinajstić information content (AvgIpc) is 3.11. The van der Waals surface area contributed by atoms with Crippen LogP contribution in [-0.2, 0) is 43.3 Å². The molecule has 9 nitrogen and oxygen atoms in total. The van der Waals surface area contributed by atoms with Gasteiger partial charge in [0.2, 0.25) is 0 Å². The summed E-state index contributed by atoms with van der Waals surface area (Å²) in [5, 5.41) is 0. The first kappa shape index (κ1) is 44.5. The molecule has 0 unspecified atom stereocenters. The van der Waals surface area contributed by atoms with Crippen LogP contribution in [0.3, 0.4) is 0 Å². The lowest BCUT2D eigenvalue weighted by Gasteiger charge is -2.24. The second kappa shape index (κ2) is 22.4. The van der Waals surface area contributed by atoms with Crippen molar-refractivity contribution in [2.24, 2.45) is 5.73 Å². The molecule has 0 saturated heterocycles. The van der Waals surface area contributed by atoms with E-state index in [1.807, 2.05) is 81.4 Å². The van der Waals surface area contributed by atoms with Gasteiger partial charge in [0.05, 0.1) is 47.8 Å². The molecule has 3 atom stereocenters. The second-order valence-corrected chi connectivity index (χ2v) is 14.6. The molecule has 0 radical (unpaired) electrons. The Morgan fingerprint density at radius 3 is 1.58 bits per heavy atom. The zero-order valence-corrected chi connectivity index (χ0v) is 31.1. The van der Waals surface area contributed by atoms with Gasteiger partial charge < -0.3 is 24.7 Å². The van der Waals surface area contributed by atoms with E-state index in [4.69, 9.17) is 24.7 Å². The molecule has 53 heavy (non-hydrogen) atoms. The minimum atomic E-state index is -1.44. The van der Waals surface area contributed by atoms with E-state index in [-0.39, 0.29) is 51.6 Å². The maximum absolute atomic E-state index is 14.6. The highest BCUT2D eigenvalue weighted by Crippen LogP contribution is 2.27. The van der Waals surface area contributed by atoms with Crippen LogP contribution >= 0.6 is 0 Å². The van der Waals surface area contributed by atoms with Crippen LogP contribution < -0.4 is 19.9 Å². The molecule has 0 saturated carbocycles. The molecular formula is C41H52F2N2O7S. The lowest BCUT2D eigenvalue weighted by atomic mass is 10.0. The van der Waals surface area contributed by atoms with E-state index in [2.05, 4.69) is 4.72 Å². The number of halogens is 2. The van der Waals surface area contributed by atoms with Gasteiger partial charge in [-0.25, -0.2) is 17.7 Å². The summed E-state index contributed by atoms with van der Waals surface area (Å²) in [4.78, 5) is 23.4. The lowest BCUT2D eigenvalue weighted by Crippen LogP contribution is -2.36. The Morgan fingerprint density at radius 2 is 1.15 bits per heavy atom. The number of hydrogen-bond donors (Lipinski definition) is 2. The number of benzene rings is 4. The highest BCUT2D eigenvalue weighted by atomic mass is 32.2. The van der Waals surface area contributed by atoms with Crippen molar-refractivity contribution in [2.75, 3.05) is 13.2 Å². The molecule has 288 valence electrons. The molecular weight excluding hydrogens is 703 g/mol. The summed E-state index contributed by atoms with van der Waals surface area (Å²) >= 11 is 0. The highest BCUT2D eigenvalue weighted by molar-refractivity contribution is 7.84. The number of rotatable bonds is 16. The van der Waals surface area contributed by atoms with Crippen molar-refractivity contribution in [3.8, 4) is 11.5 Å². The fourth-order valence-corrected chi connectivity index (χ4v) is 5.46. The maximum atomic E-state index is 14.6. The summed E-state index contributed by atoms with van der Waals surface area (Å²) in [5.41, 5.74) is 8.82. The van der Waals surface area contributed by atoms with Crippen molar-refractivity contribution in [1.82, 2.24) is 4.72 Å². The Balaban J connectivity index is 0.000000369. The predicted octanol–water partition coefficient (Wildman–Crippen LogP) is 8.44. The van der Waals surface area contributed by atoms with Crippen molar-refractivity contribution < 1.29 is 41.5 Å². The summed E-state index contributed by atoms with van der Waals surface area (Å²) in [6, 6.07) is 26.7. The third-order valence-electron chi connectivity index (χ3n) is 7.39. The van der Waals surface area contributed by atoms with Gasteiger partial charge in [-0.1, -0.05) is 80.2 Å². The molecule has 0 aliphatic heterocycles. The van der Waals surface area contributed by atoms with Crippen LogP contribution in [0.25, 0.3) is 0 Å². The number of carbonyl (C=O) groups is 2. The summed E-state index contributed by atoms with van der Waals surface area (Å²) in [7, 11) is -1.44. The van der Waals surface area contributed by atoms with Gasteiger partial charge in [-0.3, -0.25) is 9.59 Å². The van der Waals surface area contributed by atoms with E-state index >= 15 is 0 Å². The number of carbonyl (C=O) groups excluding carboxylic acids is 2. The molecule has 0 bridgehead atoms. The van der Waals surface area contributed by atoms with Gasteiger partial charge in [-0.2, -0.15) is 0 Å². The van der Waals surface area contributed by atoms with Crippen molar-refractivity contribution in [3.05, 3.63) is 131 Å². The highest BCUT2D eigenvalue weighted by Gasteiger charge is 2.26. The van der Waals surface area contributed by atoms with Crippen LogP contribution in [0.15, 0.2) is 97.1 Å². The fourth-order valence-electron chi connectivity index (χ4n) is 4.62. The van der Waals surface area contributed by atoms with Crippen LogP contribution in [0.4, 0.5) is 8.78 Å². The van der Waals surface area contributed by atoms with Gasteiger partial charge in [0, 0.05) is 6.04 Å².